The Kier molecular flexibility index (Phi) is 8.58. The summed E-state index contributed by atoms with van der Waals surface area (Å²) in [6, 6.07) is 5.63. The average molecular weight is 377 g/mol. The van der Waals surface area contributed by atoms with Crippen LogP contribution < -0.4 is 32.6 Å². The Labute approximate surface area is 115 Å². The molecule has 3 N–H and O–H groups in total. The van der Waals surface area contributed by atoms with Gasteiger partial charge in [-0.1, -0.05) is 0 Å². The van der Waals surface area contributed by atoms with Crippen LogP contribution in [0.1, 0.15) is 15.9 Å². The Morgan fingerprint density at radius 2 is 2.00 bits per heavy atom. The van der Waals surface area contributed by atoms with Gasteiger partial charge in [0.2, 0.25) is 0 Å². The van der Waals surface area contributed by atoms with E-state index in [4.69, 9.17) is 5.11 Å². The molecule has 0 aliphatic heterocycles. The van der Waals surface area contributed by atoms with Crippen LogP contribution in [0.5, 0.6) is 0 Å². The second-order valence-electron chi connectivity index (χ2n) is 2.41. The topological polar surface area (TPSA) is 68.8 Å². The first-order valence-electron chi connectivity index (χ1n) is 3.28. The molecule has 0 radical (unpaired) electrons. The van der Waals surface area contributed by atoms with E-state index >= 15 is 0 Å². The van der Waals surface area contributed by atoms with Gasteiger partial charge in [-0.3, -0.25) is 0 Å². The molecule has 0 aromatic heterocycles. The first-order valence-corrected chi connectivity index (χ1v) is 6.02. The Hall–Kier alpha value is 0.585. The number of benzene rings is 1. The van der Waals surface area contributed by atoms with Gasteiger partial charge < -0.3 is 5.48 Å². The number of aromatic carboxylic acids is 1. The molecule has 1 aromatic rings. The van der Waals surface area contributed by atoms with Gasteiger partial charge in [-0.25, -0.2) is 0 Å². The summed E-state index contributed by atoms with van der Waals surface area (Å²) in [6.07, 6.45) is 0. The third-order valence-electron chi connectivity index (χ3n) is 1.57. The van der Waals surface area contributed by atoms with Gasteiger partial charge in [0.25, 0.3) is 0 Å². The van der Waals surface area contributed by atoms with E-state index in [1.165, 1.54) is 0 Å². The van der Waals surface area contributed by atoms with E-state index in [0.717, 1.165) is 8.64 Å². The van der Waals surface area contributed by atoms with Gasteiger partial charge in [0, 0.05) is 0 Å². The zero-order chi connectivity index (χ0) is 8.43. The number of hydrogen-bond donors (Lipinski definition) is 1. The summed E-state index contributed by atoms with van der Waals surface area (Å²) in [7, 11) is 0. The van der Waals surface area contributed by atoms with Crippen molar-refractivity contribution in [3.63, 3.8) is 0 Å². The van der Waals surface area contributed by atoms with Gasteiger partial charge in [0.1, 0.15) is 0 Å². The summed E-state index contributed by atoms with van der Waals surface area (Å²) in [5.74, 6) is -0.798. The Balaban J connectivity index is 0. The summed E-state index contributed by atoms with van der Waals surface area (Å²) in [5, 5.41) is 8.78. The van der Waals surface area contributed by atoms with Crippen molar-refractivity contribution in [1.29, 1.82) is 0 Å². The Morgan fingerprint density at radius 1 is 1.46 bits per heavy atom. The first-order chi connectivity index (χ1) is 5.13. The van der Waals surface area contributed by atoms with E-state index < -0.39 is 5.97 Å². The molecule has 61 valence electrons. The predicted molar refractivity (Wildman–Crippen MR) is 41.4 cm³/mol. The van der Waals surface area contributed by atoms with Gasteiger partial charge in [0.15, 0.2) is 0 Å². The van der Waals surface area contributed by atoms with Crippen molar-refractivity contribution in [2.75, 3.05) is 0 Å². The molecule has 0 unspecified atom stereocenters. The number of aryl methyl sites for hydroxylation is 1. The zero-order valence-electron chi connectivity index (χ0n) is 7.79. The molecule has 0 fully saturated rings. The summed E-state index contributed by atoms with van der Waals surface area (Å²) >= 11 is 0.387. The maximum atomic E-state index is 10.7. The maximum Gasteiger partial charge on any atom is 1.00 e. The summed E-state index contributed by atoms with van der Waals surface area (Å²) in [5.41, 5.74) is 1.38. The molecule has 0 spiro atoms. The molecule has 0 heterocycles. The minimum Gasteiger partial charge on any atom is -0.412 e. The van der Waals surface area contributed by atoms with E-state index in [9.17, 15) is 4.79 Å². The molecule has 0 bridgehead atoms. The minimum atomic E-state index is -0.798. The molecule has 0 amide bonds. The Bertz CT molecular complexity index is 281. The molecule has 13 heavy (non-hydrogen) atoms. The molecular formula is C8H9HgNaO3+. The van der Waals surface area contributed by atoms with Gasteiger partial charge in [-0.05, 0) is 0 Å². The van der Waals surface area contributed by atoms with Gasteiger partial charge in [-0.15, -0.1) is 0 Å². The van der Waals surface area contributed by atoms with Crippen LogP contribution in [0.4, 0.5) is 0 Å². The van der Waals surface area contributed by atoms with E-state index in [1.54, 1.807) is 0 Å². The number of carbonyl (C=O) groups is 1. The third-order valence-corrected chi connectivity index (χ3v) is 3.86. The first kappa shape index (κ1) is 16.0. The fraction of sp³-hybridized carbons (Fsp3) is 0.125. The third kappa shape index (κ3) is 4.08. The van der Waals surface area contributed by atoms with Gasteiger partial charge in [-0.2, -0.15) is 0 Å². The smallest absolute Gasteiger partial charge is 0.412 e. The van der Waals surface area contributed by atoms with E-state index in [-0.39, 0.29) is 35.0 Å². The van der Waals surface area contributed by atoms with Crippen LogP contribution >= 0.6 is 0 Å². The average Bonchev–Trinajstić information content (AvgIpc) is 1.85. The standard InChI is InChI=1S/C8H7O2.Hg.Na.H2O/c1-6-4-2-3-5-7(6)8(9)10;;;/h2-4H,1H3,(H,9,10);;;1H2/q;;+1;. The van der Waals surface area contributed by atoms with Gasteiger partial charge >= 0.3 is 111 Å². The molecule has 0 saturated heterocycles. The molecular weight excluding hydrogens is 368 g/mol. The number of carboxylic acids is 1. The van der Waals surface area contributed by atoms with Crippen LogP contribution in [-0.4, -0.2) is 16.6 Å². The summed E-state index contributed by atoms with van der Waals surface area (Å²) in [4.78, 5) is 10.7. The SMILES string of the molecule is Cc1ccc[c]([Hg])c1C(=O)O.O.[Na+]. The van der Waals surface area contributed by atoms with Crippen LogP contribution in [0.3, 0.4) is 0 Å². The van der Waals surface area contributed by atoms with Crippen molar-refractivity contribution in [2.45, 2.75) is 6.92 Å². The molecule has 1 aromatic carbocycles. The van der Waals surface area contributed by atoms with E-state index in [1.807, 2.05) is 25.1 Å². The summed E-state index contributed by atoms with van der Waals surface area (Å²) < 4.78 is 1.01. The quantitative estimate of drug-likeness (QED) is 0.532. The second kappa shape index (κ2) is 6.95. The Morgan fingerprint density at radius 3 is 2.31 bits per heavy atom. The number of hydrogen-bond acceptors (Lipinski definition) is 1. The molecule has 0 aliphatic carbocycles. The fourth-order valence-electron chi connectivity index (χ4n) is 1.03. The molecule has 1 rings (SSSR count). The van der Waals surface area contributed by atoms with Crippen LogP contribution in [0, 0.1) is 6.92 Å². The largest absolute Gasteiger partial charge is 1.00 e. The van der Waals surface area contributed by atoms with Crippen molar-refractivity contribution in [3.05, 3.63) is 29.3 Å². The van der Waals surface area contributed by atoms with Crippen molar-refractivity contribution < 1.29 is 71.1 Å². The predicted octanol–water partition coefficient (Wildman–Crippen LogP) is -2.96. The van der Waals surface area contributed by atoms with Crippen LogP contribution in [0.25, 0.3) is 0 Å². The van der Waals surface area contributed by atoms with Crippen molar-refractivity contribution >= 4 is 9.04 Å². The molecule has 0 aliphatic rings. The van der Waals surface area contributed by atoms with Crippen LogP contribution in [0.15, 0.2) is 18.2 Å². The van der Waals surface area contributed by atoms with Crippen LogP contribution in [0.2, 0.25) is 0 Å². The molecule has 0 atom stereocenters. The molecule has 5 heteroatoms. The van der Waals surface area contributed by atoms with Gasteiger partial charge in [0.05, 0.1) is 0 Å². The number of rotatable bonds is 1. The normalized spacial score (nSPS) is 8.23. The maximum absolute atomic E-state index is 10.7. The fourth-order valence-corrected chi connectivity index (χ4v) is 3.24. The molecule has 0 saturated carbocycles. The van der Waals surface area contributed by atoms with E-state index in [0.29, 0.717) is 31.7 Å². The van der Waals surface area contributed by atoms with Crippen molar-refractivity contribution in [3.8, 4) is 0 Å². The van der Waals surface area contributed by atoms with Crippen LogP contribution in [-0.2, 0) is 26.1 Å². The van der Waals surface area contributed by atoms with Crippen molar-refractivity contribution in [1.82, 2.24) is 0 Å². The minimum absolute atomic E-state index is 0. The van der Waals surface area contributed by atoms with Crippen molar-refractivity contribution in [2.24, 2.45) is 0 Å². The second-order valence-corrected chi connectivity index (χ2v) is 5.38. The summed E-state index contributed by atoms with van der Waals surface area (Å²) in [6.45, 7) is 1.83. The zero-order valence-corrected chi connectivity index (χ0v) is 15.3. The van der Waals surface area contributed by atoms with E-state index in [2.05, 4.69) is 0 Å². The monoisotopic (exact) mass is 378 g/mol. The number of carboxylic acid groups (broad SMARTS) is 1. The molecule has 3 nitrogen and oxygen atoms in total.